The normalized spacial score (nSPS) is 16.1. The van der Waals surface area contributed by atoms with Crippen molar-refractivity contribution in [2.24, 2.45) is 5.92 Å². The predicted octanol–water partition coefficient (Wildman–Crippen LogP) is 4.63. The first-order valence-corrected chi connectivity index (χ1v) is 13.5. The molecule has 0 bridgehead atoms. The van der Waals surface area contributed by atoms with Crippen molar-refractivity contribution in [3.63, 3.8) is 0 Å². The number of carbonyl (C=O) groups excluding carboxylic acids is 2. The Hall–Kier alpha value is -3.40. The molecular formula is C27H27ClN2O6S. The van der Waals surface area contributed by atoms with Crippen LogP contribution in [0.4, 0.5) is 5.69 Å². The molecule has 0 radical (unpaired) electrons. The average molecular weight is 543 g/mol. The summed E-state index contributed by atoms with van der Waals surface area (Å²) in [5, 5.41) is 3.19. The van der Waals surface area contributed by atoms with Crippen LogP contribution >= 0.6 is 11.6 Å². The van der Waals surface area contributed by atoms with Crippen LogP contribution in [-0.4, -0.2) is 51.7 Å². The molecule has 1 fully saturated rings. The zero-order valence-electron chi connectivity index (χ0n) is 20.4. The molecule has 194 valence electrons. The number of nitrogens with one attached hydrogen (secondary N) is 1. The van der Waals surface area contributed by atoms with Crippen molar-refractivity contribution in [3.05, 3.63) is 82.9 Å². The van der Waals surface area contributed by atoms with Gasteiger partial charge >= 0.3 is 0 Å². The lowest BCUT2D eigenvalue weighted by molar-refractivity contribution is -0.120. The van der Waals surface area contributed by atoms with Gasteiger partial charge in [0.25, 0.3) is 0 Å². The highest BCUT2D eigenvalue weighted by atomic mass is 35.5. The lowest BCUT2D eigenvalue weighted by Crippen LogP contribution is -2.43. The molecule has 8 nitrogen and oxygen atoms in total. The molecule has 0 unspecified atom stereocenters. The molecule has 0 aliphatic carbocycles. The first-order chi connectivity index (χ1) is 17.7. The third-order valence-electron chi connectivity index (χ3n) is 6.26. The van der Waals surface area contributed by atoms with E-state index in [0.29, 0.717) is 34.9 Å². The molecule has 1 saturated heterocycles. The van der Waals surface area contributed by atoms with Gasteiger partial charge in [0.1, 0.15) is 16.4 Å². The maximum Gasteiger partial charge on any atom is 0.246 e. The number of ether oxygens (including phenoxy) is 2. The SMILES string of the molecule is COc1ccc(OC)c(S(=O)(=O)N2CCC[C@H](C(=O)Nc3ccc(Cl)cc3C(=O)c3ccccc3)C2)c1. The van der Waals surface area contributed by atoms with Gasteiger partial charge in [0.05, 0.1) is 25.8 Å². The lowest BCUT2D eigenvalue weighted by atomic mass is 9.97. The van der Waals surface area contributed by atoms with E-state index < -0.39 is 15.9 Å². The Morgan fingerprint density at radius 1 is 1.00 bits per heavy atom. The number of carbonyl (C=O) groups is 2. The van der Waals surface area contributed by atoms with Gasteiger partial charge in [-0.25, -0.2) is 8.42 Å². The standard InChI is InChI=1S/C27H27ClN2O6S/c1-35-21-11-13-24(36-2)25(16-21)37(33,34)30-14-6-9-19(17-30)27(32)29-23-12-10-20(28)15-22(23)26(31)18-7-4-3-5-8-18/h3-5,7-8,10-13,15-16,19H,6,9,14,17H2,1-2H3,(H,29,32)/t19-/m0/s1. The Morgan fingerprint density at radius 3 is 2.46 bits per heavy atom. The van der Waals surface area contributed by atoms with Crippen molar-refractivity contribution in [3.8, 4) is 11.5 Å². The quantitative estimate of drug-likeness (QED) is 0.416. The van der Waals surface area contributed by atoms with Crippen LogP contribution in [0.1, 0.15) is 28.8 Å². The summed E-state index contributed by atoms with van der Waals surface area (Å²) in [5.41, 5.74) is 1.04. The second-order valence-electron chi connectivity index (χ2n) is 8.59. The molecule has 1 N–H and O–H groups in total. The molecule has 0 saturated carbocycles. The molecular weight excluding hydrogens is 516 g/mol. The van der Waals surface area contributed by atoms with Crippen LogP contribution in [0.3, 0.4) is 0 Å². The minimum atomic E-state index is -3.96. The number of halogens is 1. The van der Waals surface area contributed by atoms with Gasteiger partial charge in [-0.1, -0.05) is 41.9 Å². The fourth-order valence-electron chi connectivity index (χ4n) is 4.29. The second-order valence-corrected chi connectivity index (χ2v) is 10.9. The topological polar surface area (TPSA) is 102 Å². The van der Waals surface area contributed by atoms with E-state index in [1.807, 2.05) is 0 Å². The average Bonchev–Trinajstić information content (AvgIpc) is 2.93. The fraction of sp³-hybridized carbons (Fsp3) is 0.259. The van der Waals surface area contributed by atoms with E-state index >= 15 is 0 Å². The van der Waals surface area contributed by atoms with Crippen molar-refractivity contribution in [1.82, 2.24) is 4.31 Å². The number of piperidine rings is 1. The number of hydrogen-bond acceptors (Lipinski definition) is 6. The number of benzene rings is 3. The van der Waals surface area contributed by atoms with Gasteiger partial charge in [-0.05, 0) is 43.2 Å². The number of nitrogens with zero attached hydrogens (tertiary/aromatic N) is 1. The van der Waals surface area contributed by atoms with Crippen LogP contribution in [-0.2, 0) is 14.8 Å². The highest BCUT2D eigenvalue weighted by Gasteiger charge is 2.35. The number of ketones is 1. The van der Waals surface area contributed by atoms with Crippen molar-refractivity contribution >= 4 is 39.0 Å². The van der Waals surface area contributed by atoms with Gasteiger partial charge in [-0.3, -0.25) is 9.59 Å². The van der Waals surface area contributed by atoms with Crippen LogP contribution < -0.4 is 14.8 Å². The molecule has 3 aromatic rings. The fourth-order valence-corrected chi connectivity index (χ4v) is 6.16. The molecule has 1 aliphatic rings. The Bertz CT molecular complexity index is 1410. The molecule has 0 aromatic heterocycles. The smallest absolute Gasteiger partial charge is 0.246 e. The van der Waals surface area contributed by atoms with Gasteiger partial charge in [0, 0.05) is 35.3 Å². The summed E-state index contributed by atoms with van der Waals surface area (Å²) in [6.45, 7) is 0.259. The van der Waals surface area contributed by atoms with Gasteiger partial charge in [-0.15, -0.1) is 0 Å². The summed E-state index contributed by atoms with van der Waals surface area (Å²) in [5.74, 6) is -0.699. The summed E-state index contributed by atoms with van der Waals surface area (Å²) in [6, 6.07) is 17.9. The molecule has 1 amide bonds. The lowest BCUT2D eigenvalue weighted by Gasteiger charge is -2.31. The number of sulfonamides is 1. The van der Waals surface area contributed by atoms with Crippen LogP contribution in [0.25, 0.3) is 0 Å². The van der Waals surface area contributed by atoms with E-state index in [2.05, 4.69) is 5.32 Å². The van der Waals surface area contributed by atoms with Crippen LogP contribution in [0.15, 0.2) is 71.6 Å². The molecule has 0 spiro atoms. The second kappa shape index (κ2) is 11.3. The van der Waals surface area contributed by atoms with Crippen LogP contribution in [0.2, 0.25) is 5.02 Å². The van der Waals surface area contributed by atoms with E-state index in [1.165, 1.54) is 36.7 Å². The van der Waals surface area contributed by atoms with Gasteiger partial charge in [0.2, 0.25) is 15.9 Å². The van der Waals surface area contributed by atoms with E-state index in [9.17, 15) is 18.0 Å². The number of hydrogen-bond donors (Lipinski definition) is 1. The summed E-state index contributed by atoms with van der Waals surface area (Å²) in [7, 11) is -1.12. The molecule has 37 heavy (non-hydrogen) atoms. The van der Waals surface area contributed by atoms with Gasteiger partial charge in [-0.2, -0.15) is 4.31 Å². The monoisotopic (exact) mass is 542 g/mol. The summed E-state index contributed by atoms with van der Waals surface area (Å²) in [6.07, 6.45) is 1.00. The largest absolute Gasteiger partial charge is 0.497 e. The number of anilines is 1. The summed E-state index contributed by atoms with van der Waals surface area (Å²) in [4.78, 5) is 26.4. The van der Waals surface area contributed by atoms with Crippen molar-refractivity contribution in [1.29, 1.82) is 0 Å². The van der Waals surface area contributed by atoms with Gasteiger partial charge in [0.15, 0.2) is 5.78 Å². The number of amides is 1. The number of rotatable bonds is 8. The Balaban J connectivity index is 1.56. The van der Waals surface area contributed by atoms with E-state index in [4.69, 9.17) is 21.1 Å². The van der Waals surface area contributed by atoms with Crippen molar-refractivity contribution in [2.45, 2.75) is 17.7 Å². The van der Waals surface area contributed by atoms with Gasteiger partial charge < -0.3 is 14.8 Å². The molecule has 1 aliphatic heterocycles. The molecule has 1 atom stereocenters. The Kier molecular flexibility index (Phi) is 8.16. The summed E-state index contributed by atoms with van der Waals surface area (Å²) >= 11 is 6.15. The maximum atomic E-state index is 13.5. The van der Waals surface area contributed by atoms with Crippen LogP contribution in [0, 0.1) is 5.92 Å². The third kappa shape index (κ3) is 5.79. The van der Waals surface area contributed by atoms with Crippen LogP contribution in [0.5, 0.6) is 11.5 Å². The Labute approximate surface area is 221 Å². The first kappa shape index (κ1) is 26.7. The molecule has 10 heteroatoms. The first-order valence-electron chi connectivity index (χ1n) is 11.7. The zero-order chi connectivity index (χ0) is 26.6. The Morgan fingerprint density at radius 2 is 1.76 bits per heavy atom. The highest BCUT2D eigenvalue weighted by molar-refractivity contribution is 7.89. The maximum absolute atomic E-state index is 13.5. The summed E-state index contributed by atoms with van der Waals surface area (Å²) < 4.78 is 38.8. The van der Waals surface area contributed by atoms with E-state index in [0.717, 1.165) is 0 Å². The third-order valence-corrected chi connectivity index (χ3v) is 8.39. The zero-order valence-corrected chi connectivity index (χ0v) is 22.0. The predicted molar refractivity (Wildman–Crippen MR) is 141 cm³/mol. The molecule has 3 aromatic carbocycles. The number of methoxy groups -OCH3 is 2. The van der Waals surface area contributed by atoms with Crippen molar-refractivity contribution < 1.29 is 27.5 Å². The van der Waals surface area contributed by atoms with Crippen molar-refractivity contribution in [2.75, 3.05) is 32.6 Å². The molecule has 4 rings (SSSR count). The minimum Gasteiger partial charge on any atom is -0.497 e. The van der Waals surface area contributed by atoms with E-state index in [1.54, 1.807) is 48.5 Å². The minimum absolute atomic E-state index is 0.00984. The highest BCUT2D eigenvalue weighted by Crippen LogP contribution is 2.33. The molecule has 1 heterocycles. The van der Waals surface area contributed by atoms with E-state index in [-0.39, 0.29) is 41.0 Å².